The van der Waals surface area contributed by atoms with Gasteiger partial charge in [0.15, 0.2) is 5.49 Å². The van der Waals surface area contributed by atoms with Crippen molar-refractivity contribution in [2.45, 2.75) is 33.1 Å². The van der Waals surface area contributed by atoms with Crippen LogP contribution in [0.2, 0.25) is 0 Å². The van der Waals surface area contributed by atoms with Crippen LogP contribution >= 0.6 is 0 Å². The molecule has 6 heteroatoms. The van der Waals surface area contributed by atoms with E-state index in [1.807, 2.05) is 0 Å². The topological polar surface area (TPSA) is 80.7 Å². The van der Waals surface area contributed by atoms with Crippen molar-refractivity contribution in [2.75, 3.05) is 6.54 Å². The number of unbranched alkanes of at least 4 members (excludes halogenated alkanes) is 2. The lowest BCUT2D eigenvalue weighted by atomic mass is 10.2. The van der Waals surface area contributed by atoms with Crippen LogP contribution in [0.1, 0.15) is 31.9 Å². The first-order valence-electron chi connectivity index (χ1n) is 5.64. The molecule has 0 aliphatic heterocycles. The van der Waals surface area contributed by atoms with Gasteiger partial charge < -0.3 is 5.21 Å². The number of nitrogens with zero attached hydrogens (tertiary/aromatic N) is 3. The molecule has 94 valence electrons. The summed E-state index contributed by atoms with van der Waals surface area (Å²) in [6.07, 6.45) is 3.06. The van der Waals surface area contributed by atoms with E-state index in [1.165, 1.54) is 12.1 Å². The van der Waals surface area contributed by atoms with Crippen molar-refractivity contribution in [3.63, 3.8) is 0 Å². The Balaban J connectivity index is 3.01. The van der Waals surface area contributed by atoms with Crippen molar-refractivity contribution < 1.29 is 10.1 Å². The molecule has 0 fully saturated rings. The molecule has 0 aliphatic carbocycles. The number of aryl methyl sites for hydroxylation is 1. The number of pyridine rings is 1. The smallest absolute Gasteiger partial charge is 0.275 e. The van der Waals surface area contributed by atoms with Gasteiger partial charge in [0.2, 0.25) is 0 Å². The molecule has 0 aromatic carbocycles. The minimum Gasteiger partial charge on any atom is -0.427 e. The summed E-state index contributed by atoms with van der Waals surface area (Å²) < 4.78 is 0.874. The summed E-state index contributed by atoms with van der Waals surface area (Å²) in [7, 11) is 0. The molecule has 1 rings (SSSR count). The van der Waals surface area contributed by atoms with E-state index in [0.717, 1.165) is 24.0 Å². The van der Waals surface area contributed by atoms with E-state index in [-0.39, 0.29) is 11.2 Å². The highest BCUT2D eigenvalue weighted by Gasteiger charge is 2.09. The maximum Gasteiger partial charge on any atom is 0.275 e. The SMILES string of the molecule is CCCCCN=c1cc([N+](=O)[O-])cc(C)n1O. The Kier molecular flexibility index (Phi) is 4.68. The van der Waals surface area contributed by atoms with Crippen LogP contribution in [-0.4, -0.2) is 21.4 Å². The number of nitro groups is 1. The number of hydrogen-bond acceptors (Lipinski definition) is 4. The Morgan fingerprint density at radius 3 is 2.76 bits per heavy atom. The van der Waals surface area contributed by atoms with Crippen molar-refractivity contribution in [3.8, 4) is 0 Å². The van der Waals surface area contributed by atoms with Gasteiger partial charge in [0.25, 0.3) is 5.69 Å². The highest BCUT2D eigenvalue weighted by molar-refractivity contribution is 5.29. The predicted octanol–water partition coefficient (Wildman–Crippen LogP) is 2.03. The van der Waals surface area contributed by atoms with Gasteiger partial charge in [-0.3, -0.25) is 15.1 Å². The van der Waals surface area contributed by atoms with Crippen LogP contribution in [0, 0.1) is 17.0 Å². The fourth-order valence-corrected chi connectivity index (χ4v) is 1.46. The first-order valence-corrected chi connectivity index (χ1v) is 5.64. The summed E-state index contributed by atoms with van der Waals surface area (Å²) >= 11 is 0. The highest BCUT2D eigenvalue weighted by Crippen LogP contribution is 2.08. The number of hydrogen-bond donors (Lipinski definition) is 1. The first kappa shape index (κ1) is 13.2. The third-order valence-corrected chi connectivity index (χ3v) is 2.43. The van der Waals surface area contributed by atoms with Gasteiger partial charge in [0.1, 0.15) is 0 Å². The van der Waals surface area contributed by atoms with E-state index in [1.54, 1.807) is 6.92 Å². The van der Waals surface area contributed by atoms with Crippen molar-refractivity contribution in [1.29, 1.82) is 0 Å². The van der Waals surface area contributed by atoms with Gasteiger partial charge in [-0.2, -0.15) is 4.73 Å². The highest BCUT2D eigenvalue weighted by atomic mass is 16.6. The van der Waals surface area contributed by atoms with Crippen molar-refractivity contribution in [3.05, 3.63) is 33.4 Å². The Morgan fingerprint density at radius 1 is 1.47 bits per heavy atom. The number of aromatic nitrogens is 1. The Labute approximate surface area is 99.3 Å². The lowest BCUT2D eigenvalue weighted by Crippen LogP contribution is -2.21. The zero-order valence-electron chi connectivity index (χ0n) is 10.1. The molecule has 1 N–H and O–H groups in total. The fourth-order valence-electron chi connectivity index (χ4n) is 1.46. The molecule has 0 unspecified atom stereocenters. The second-order valence-electron chi connectivity index (χ2n) is 3.87. The van der Waals surface area contributed by atoms with Crippen molar-refractivity contribution >= 4 is 5.69 Å². The average Bonchev–Trinajstić information content (AvgIpc) is 2.29. The normalized spacial score (nSPS) is 11.8. The standard InChI is InChI=1S/C11H17N3O3/c1-3-4-5-6-12-11-8-10(14(16)17)7-9(2)13(11)15/h7-8,15H,3-6H2,1-2H3. The zero-order chi connectivity index (χ0) is 12.8. The predicted molar refractivity (Wildman–Crippen MR) is 63.0 cm³/mol. The van der Waals surface area contributed by atoms with Crippen LogP contribution in [0.5, 0.6) is 0 Å². The summed E-state index contributed by atoms with van der Waals surface area (Å²) in [6, 6.07) is 2.59. The second-order valence-corrected chi connectivity index (χ2v) is 3.87. The quantitative estimate of drug-likeness (QED) is 0.369. The van der Waals surface area contributed by atoms with Gasteiger partial charge in [-0.15, -0.1) is 0 Å². The van der Waals surface area contributed by atoms with Gasteiger partial charge in [-0.05, 0) is 13.3 Å². The molecule has 0 radical (unpaired) electrons. The van der Waals surface area contributed by atoms with Gasteiger partial charge >= 0.3 is 0 Å². The monoisotopic (exact) mass is 239 g/mol. The molecule has 0 spiro atoms. The molecular formula is C11H17N3O3. The largest absolute Gasteiger partial charge is 0.427 e. The minimum atomic E-state index is -0.488. The molecule has 17 heavy (non-hydrogen) atoms. The van der Waals surface area contributed by atoms with Crippen LogP contribution in [0.15, 0.2) is 17.1 Å². The summed E-state index contributed by atoms with van der Waals surface area (Å²) in [6.45, 7) is 4.25. The third kappa shape index (κ3) is 3.58. The van der Waals surface area contributed by atoms with E-state index in [2.05, 4.69) is 11.9 Å². The molecule has 6 nitrogen and oxygen atoms in total. The van der Waals surface area contributed by atoms with Gasteiger partial charge in [0.05, 0.1) is 16.7 Å². The molecule has 0 amide bonds. The van der Waals surface area contributed by atoms with E-state index >= 15 is 0 Å². The van der Waals surface area contributed by atoms with Gasteiger partial charge in [0, 0.05) is 12.6 Å². The summed E-state index contributed by atoms with van der Waals surface area (Å²) in [5.41, 5.74) is 0.572. The molecule has 0 aliphatic rings. The van der Waals surface area contributed by atoms with Crippen LogP contribution in [-0.2, 0) is 0 Å². The van der Waals surface area contributed by atoms with E-state index in [9.17, 15) is 15.3 Å². The number of rotatable bonds is 5. The van der Waals surface area contributed by atoms with Crippen molar-refractivity contribution in [2.24, 2.45) is 4.99 Å². The van der Waals surface area contributed by atoms with E-state index in [4.69, 9.17) is 0 Å². The summed E-state index contributed by atoms with van der Waals surface area (Å²) in [4.78, 5) is 14.3. The van der Waals surface area contributed by atoms with Gasteiger partial charge in [-0.1, -0.05) is 19.8 Å². The van der Waals surface area contributed by atoms with Crippen LogP contribution in [0.3, 0.4) is 0 Å². The summed E-state index contributed by atoms with van der Waals surface area (Å²) in [5, 5.41) is 20.3. The molecule has 0 saturated heterocycles. The van der Waals surface area contributed by atoms with E-state index in [0.29, 0.717) is 12.2 Å². The van der Waals surface area contributed by atoms with Crippen LogP contribution < -0.4 is 5.49 Å². The maximum atomic E-state index is 10.7. The average molecular weight is 239 g/mol. The Bertz CT molecular complexity index is 466. The maximum absolute atomic E-state index is 10.7. The molecule has 0 bridgehead atoms. The Morgan fingerprint density at radius 2 is 2.18 bits per heavy atom. The lowest BCUT2D eigenvalue weighted by molar-refractivity contribution is -0.385. The fraction of sp³-hybridized carbons (Fsp3) is 0.545. The molecule has 0 saturated carbocycles. The molecule has 1 aromatic rings. The Hall–Kier alpha value is -1.85. The van der Waals surface area contributed by atoms with E-state index < -0.39 is 4.92 Å². The molecule has 1 heterocycles. The second kappa shape index (κ2) is 6.03. The lowest BCUT2D eigenvalue weighted by Gasteiger charge is -2.03. The molecule has 1 aromatic heterocycles. The van der Waals surface area contributed by atoms with Gasteiger partial charge in [-0.25, -0.2) is 0 Å². The third-order valence-electron chi connectivity index (χ3n) is 2.43. The van der Waals surface area contributed by atoms with Crippen LogP contribution in [0.25, 0.3) is 0 Å². The molecular weight excluding hydrogens is 222 g/mol. The first-order chi connectivity index (χ1) is 8.06. The zero-order valence-corrected chi connectivity index (χ0v) is 10.1. The van der Waals surface area contributed by atoms with Crippen LogP contribution in [0.4, 0.5) is 5.69 Å². The van der Waals surface area contributed by atoms with Crippen molar-refractivity contribution in [1.82, 2.24) is 4.73 Å². The molecule has 0 atom stereocenters. The minimum absolute atomic E-state index is 0.0537. The summed E-state index contributed by atoms with van der Waals surface area (Å²) in [5.74, 6) is 0.